The zero-order valence-corrected chi connectivity index (χ0v) is 14.2. The lowest BCUT2D eigenvalue weighted by Gasteiger charge is -2.40. The van der Waals surface area contributed by atoms with Crippen molar-refractivity contribution in [2.75, 3.05) is 18.0 Å². The van der Waals surface area contributed by atoms with Gasteiger partial charge < -0.3 is 9.80 Å². The van der Waals surface area contributed by atoms with Crippen LogP contribution in [0.5, 0.6) is 0 Å². The van der Waals surface area contributed by atoms with Gasteiger partial charge in [0.15, 0.2) is 0 Å². The molecule has 1 aliphatic rings. The van der Waals surface area contributed by atoms with E-state index in [0.717, 1.165) is 16.8 Å². The average Bonchev–Trinajstić information content (AvgIpc) is 2.44. The number of benzene rings is 1. The van der Waals surface area contributed by atoms with Gasteiger partial charge in [-0.25, -0.2) is 0 Å². The van der Waals surface area contributed by atoms with Gasteiger partial charge in [-0.05, 0) is 43.9 Å². The van der Waals surface area contributed by atoms with E-state index in [2.05, 4.69) is 6.07 Å². The standard InChI is InChI=1S/C18H26N2O2/c1-12(2)10-17(21)19-8-9-20(18(22)15(19)5)16-11-13(3)6-7-14(16)4/h6-7,11-12,15H,8-10H2,1-5H3/t15-/m0/s1. The van der Waals surface area contributed by atoms with E-state index in [0.29, 0.717) is 25.4 Å². The molecule has 4 nitrogen and oxygen atoms in total. The molecule has 0 spiro atoms. The summed E-state index contributed by atoms with van der Waals surface area (Å²) in [6.45, 7) is 11.1. The molecule has 0 bridgehead atoms. The highest BCUT2D eigenvalue weighted by atomic mass is 16.2. The number of rotatable bonds is 3. The molecular weight excluding hydrogens is 276 g/mol. The molecule has 1 heterocycles. The maximum atomic E-state index is 12.7. The highest BCUT2D eigenvalue weighted by molar-refractivity contribution is 6.00. The van der Waals surface area contributed by atoms with Crippen LogP contribution in [0.3, 0.4) is 0 Å². The third kappa shape index (κ3) is 3.32. The van der Waals surface area contributed by atoms with Gasteiger partial charge in [0, 0.05) is 25.2 Å². The first-order valence-electron chi connectivity index (χ1n) is 7.99. The minimum Gasteiger partial charge on any atom is -0.329 e. The number of hydrogen-bond donors (Lipinski definition) is 0. The van der Waals surface area contributed by atoms with E-state index in [-0.39, 0.29) is 17.9 Å². The molecular formula is C18H26N2O2. The van der Waals surface area contributed by atoms with Crippen molar-refractivity contribution in [1.29, 1.82) is 0 Å². The van der Waals surface area contributed by atoms with Crippen LogP contribution < -0.4 is 4.90 Å². The number of amides is 2. The number of piperazine rings is 1. The summed E-state index contributed by atoms with van der Waals surface area (Å²) in [4.78, 5) is 28.6. The molecule has 0 aliphatic carbocycles. The van der Waals surface area contributed by atoms with Crippen LogP contribution in [0.1, 0.15) is 38.3 Å². The van der Waals surface area contributed by atoms with Gasteiger partial charge in [-0.3, -0.25) is 9.59 Å². The van der Waals surface area contributed by atoms with Crippen LogP contribution in [-0.2, 0) is 9.59 Å². The van der Waals surface area contributed by atoms with Crippen molar-refractivity contribution < 1.29 is 9.59 Å². The third-order valence-electron chi connectivity index (χ3n) is 4.21. The van der Waals surface area contributed by atoms with E-state index in [1.54, 1.807) is 4.90 Å². The molecule has 1 saturated heterocycles. The molecule has 2 amide bonds. The minimum atomic E-state index is -0.389. The lowest BCUT2D eigenvalue weighted by molar-refractivity contribution is -0.141. The van der Waals surface area contributed by atoms with Crippen molar-refractivity contribution in [3.05, 3.63) is 29.3 Å². The topological polar surface area (TPSA) is 40.6 Å². The fourth-order valence-electron chi connectivity index (χ4n) is 2.93. The number of anilines is 1. The zero-order valence-electron chi connectivity index (χ0n) is 14.2. The van der Waals surface area contributed by atoms with Crippen molar-refractivity contribution >= 4 is 17.5 Å². The predicted octanol–water partition coefficient (Wildman–Crippen LogP) is 2.91. The van der Waals surface area contributed by atoms with E-state index in [1.807, 2.05) is 51.7 Å². The Balaban J connectivity index is 2.19. The summed E-state index contributed by atoms with van der Waals surface area (Å²) in [6, 6.07) is 5.75. The molecule has 1 fully saturated rings. The fraction of sp³-hybridized carbons (Fsp3) is 0.556. The van der Waals surface area contributed by atoms with Gasteiger partial charge in [0.2, 0.25) is 11.8 Å². The molecule has 0 N–H and O–H groups in total. The van der Waals surface area contributed by atoms with Crippen molar-refractivity contribution in [3.8, 4) is 0 Å². The number of hydrogen-bond acceptors (Lipinski definition) is 2. The zero-order chi connectivity index (χ0) is 16.4. The molecule has 22 heavy (non-hydrogen) atoms. The Bertz CT molecular complexity index is 580. The summed E-state index contributed by atoms with van der Waals surface area (Å²) >= 11 is 0. The first-order valence-corrected chi connectivity index (χ1v) is 7.99. The van der Waals surface area contributed by atoms with Gasteiger partial charge in [0.1, 0.15) is 6.04 Å². The maximum Gasteiger partial charge on any atom is 0.249 e. The second-order valence-corrected chi connectivity index (χ2v) is 6.64. The molecule has 0 radical (unpaired) electrons. The summed E-state index contributed by atoms with van der Waals surface area (Å²) < 4.78 is 0. The first-order chi connectivity index (χ1) is 10.3. The SMILES string of the molecule is Cc1ccc(C)c(N2CCN(C(=O)CC(C)C)[C@@H](C)C2=O)c1. The summed E-state index contributed by atoms with van der Waals surface area (Å²) in [7, 11) is 0. The Kier molecular flexibility index (Phi) is 4.89. The van der Waals surface area contributed by atoms with Gasteiger partial charge in [-0.1, -0.05) is 26.0 Å². The minimum absolute atomic E-state index is 0.0112. The molecule has 0 unspecified atom stereocenters. The number of nitrogens with zero attached hydrogens (tertiary/aromatic N) is 2. The predicted molar refractivity (Wildman–Crippen MR) is 88.9 cm³/mol. The van der Waals surface area contributed by atoms with Gasteiger partial charge in [0.25, 0.3) is 0 Å². The lowest BCUT2D eigenvalue weighted by atomic mass is 10.0. The van der Waals surface area contributed by atoms with Crippen molar-refractivity contribution in [1.82, 2.24) is 4.90 Å². The second kappa shape index (κ2) is 6.51. The summed E-state index contributed by atoms with van der Waals surface area (Å²) in [5.74, 6) is 0.403. The summed E-state index contributed by atoms with van der Waals surface area (Å²) in [6.07, 6.45) is 0.501. The molecule has 1 aliphatic heterocycles. The number of aryl methyl sites for hydroxylation is 2. The number of carbonyl (C=O) groups excluding carboxylic acids is 2. The Labute approximate surface area is 133 Å². The van der Waals surface area contributed by atoms with E-state index in [1.165, 1.54) is 0 Å². The van der Waals surface area contributed by atoms with Crippen LogP contribution in [0.15, 0.2) is 18.2 Å². The molecule has 4 heteroatoms. The van der Waals surface area contributed by atoms with Crippen LogP contribution in [0, 0.1) is 19.8 Å². The average molecular weight is 302 g/mol. The molecule has 1 aromatic carbocycles. The van der Waals surface area contributed by atoms with Crippen molar-refractivity contribution in [3.63, 3.8) is 0 Å². The molecule has 2 rings (SSSR count). The highest BCUT2D eigenvalue weighted by Gasteiger charge is 2.35. The molecule has 120 valence electrons. The van der Waals surface area contributed by atoms with Crippen LogP contribution in [0.2, 0.25) is 0 Å². The van der Waals surface area contributed by atoms with Gasteiger partial charge >= 0.3 is 0 Å². The summed E-state index contributed by atoms with van der Waals surface area (Å²) in [5.41, 5.74) is 3.19. The maximum absolute atomic E-state index is 12.7. The second-order valence-electron chi connectivity index (χ2n) is 6.64. The largest absolute Gasteiger partial charge is 0.329 e. The van der Waals surface area contributed by atoms with Gasteiger partial charge in [-0.15, -0.1) is 0 Å². The van der Waals surface area contributed by atoms with Crippen LogP contribution in [0.25, 0.3) is 0 Å². The van der Waals surface area contributed by atoms with E-state index < -0.39 is 0 Å². The normalized spacial score (nSPS) is 19.0. The van der Waals surface area contributed by atoms with Crippen LogP contribution >= 0.6 is 0 Å². The Morgan fingerprint density at radius 3 is 2.59 bits per heavy atom. The van der Waals surface area contributed by atoms with Crippen molar-refractivity contribution in [2.24, 2.45) is 5.92 Å². The van der Waals surface area contributed by atoms with Gasteiger partial charge in [-0.2, -0.15) is 0 Å². The van der Waals surface area contributed by atoms with E-state index in [4.69, 9.17) is 0 Å². The monoisotopic (exact) mass is 302 g/mol. The fourth-order valence-corrected chi connectivity index (χ4v) is 2.93. The molecule has 1 atom stereocenters. The van der Waals surface area contributed by atoms with Crippen LogP contribution in [-0.4, -0.2) is 35.8 Å². The first kappa shape index (κ1) is 16.5. The van der Waals surface area contributed by atoms with Crippen molar-refractivity contribution in [2.45, 2.75) is 47.1 Å². The number of carbonyl (C=O) groups is 2. The molecule has 1 aromatic rings. The van der Waals surface area contributed by atoms with Gasteiger partial charge in [0.05, 0.1) is 0 Å². The molecule has 0 aromatic heterocycles. The van der Waals surface area contributed by atoms with Crippen LogP contribution in [0.4, 0.5) is 5.69 Å². The Morgan fingerprint density at radius 2 is 1.95 bits per heavy atom. The Hall–Kier alpha value is -1.84. The Morgan fingerprint density at radius 1 is 1.27 bits per heavy atom. The van der Waals surface area contributed by atoms with E-state index in [9.17, 15) is 9.59 Å². The summed E-state index contributed by atoms with van der Waals surface area (Å²) in [5, 5.41) is 0. The van der Waals surface area contributed by atoms with E-state index >= 15 is 0 Å². The molecule has 0 saturated carbocycles. The third-order valence-corrected chi connectivity index (χ3v) is 4.21. The lowest BCUT2D eigenvalue weighted by Crippen LogP contribution is -2.58. The highest BCUT2D eigenvalue weighted by Crippen LogP contribution is 2.25. The smallest absolute Gasteiger partial charge is 0.249 e. The quantitative estimate of drug-likeness (QED) is 0.861.